The standard InChI is InChI=1S/C18H13ClN4OS/c1-12-17(10-21-14-4-8-16(9-5-14)25-11-20)18(24)23(22-12)15-6-2-13(19)3-7-15/h2-10,22H,1H3. The van der Waals surface area contributed by atoms with Gasteiger partial charge in [-0.1, -0.05) is 11.6 Å². The van der Waals surface area contributed by atoms with E-state index in [1.165, 1.54) is 4.68 Å². The molecule has 0 aliphatic carbocycles. The van der Waals surface area contributed by atoms with E-state index < -0.39 is 0 Å². The van der Waals surface area contributed by atoms with E-state index >= 15 is 0 Å². The lowest BCUT2D eigenvalue weighted by Gasteiger charge is -2.00. The minimum Gasteiger partial charge on any atom is -0.295 e. The summed E-state index contributed by atoms with van der Waals surface area (Å²) in [5.74, 6) is 0. The van der Waals surface area contributed by atoms with E-state index in [0.717, 1.165) is 22.4 Å². The predicted octanol–water partition coefficient (Wildman–Crippen LogP) is 4.45. The van der Waals surface area contributed by atoms with Gasteiger partial charge in [0.15, 0.2) is 0 Å². The Morgan fingerprint density at radius 1 is 1.20 bits per heavy atom. The Morgan fingerprint density at radius 3 is 2.52 bits per heavy atom. The number of benzene rings is 2. The van der Waals surface area contributed by atoms with E-state index in [-0.39, 0.29) is 5.56 Å². The second-order valence-corrected chi connectivity index (χ2v) is 6.51. The second kappa shape index (κ2) is 7.43. The van der Waals surface area contributed by atoms with E-state index in [0.29, 0.717) is 22.0 Å². The molecule has 3 rings (SSSR count). The number of thioether (sulfide) groups is 1. The Hall–Kier alpha value is -2.75. The fourth-order valence-corrected chi connectivity index (χ4v) is 2.78. The molecule has 0 saturated carbocycles. The molecule has 1 N–H and O–H groups in total. The number of nitrogens with one attached hydrogen (secondary N) is 1. The maximum absolute atomic E-state index is 12.6. The van der Waals surface area contributed by atoms with Gasteiger partial charge >= 0.3 is 0 Å². The molecule has 0 radical (unpaired) electrons. The van der Waals surface area contributed by atoms with Crippen LogP contribution in [0.5, 0.6) is 0 Å². The van der Waals surface area contributed by atoms with Crippen LogP contribution in [0.2, 0.25) is 5.02 Å². The predicted molar refractivity (Wildman–Crippen MR) is 101 cm³/mol. The van der Waals surface area contributed by atoms with Gasteiger partial charge < -0.3 is 0 Å². The highest BCUT2D eigenvalue weighted by atomic mass is 35.5. The normalized spacial score (nSPS) is 10.9. The average molecular weight is 369 g/mol. The van der Waals surface area contributed by atoms with Crippen molar-refractivity contribution >= 4 is 35.3 Å². The van der Waals surface area contributed by atoms with Gasteiger partial charge in [0.2, 0.25) is 0 Å². The first-order valence-corrected chi connectivity index (χ1v) is 8.55. The highest BCUT2D eigenvalue weighted by Crippen LogP contribution is 2.20. The zero-order valence-electron chi connectivity index (χ0n) is 13.2. The van der Waals surface area contributed by atoms with Crippen LogP contribution in [0.15, 0.2) is 63.2 Å². The number of rotatable bonds is 4. The van der Waals surface area contributed by atoms with Crippen molar-refractivity contribution < 1.29 is 0 Å². The summed E-state index contributed by atoms with van der Waals surface area (Å²) in [6.45, 7) is 1.82. The van der Waals surface area contributed by atoms with Gasteiger partial charge in [-0.2, -0.15) is 5.26 Å². The molecule has 0 fully saturated rings. The highest BCUT2D eigenvalue weighted by Gasteiger charge is 2.10. The van der Waals surface area contributed by atoms with Crippen molar-refractivity contribution in [2.45, 2.75) is 11.8 Å². The first kappa shape index (κ1) is 17.1. The largest absolute Gasteiger partial charge is 0.295 e. The second-order valence-electron chi connectivity index (χ2n) is 5.21. The third kappa shape index (κ3) is 3.85. The molecule has 0 aliphatic heterocycles. The SMILES string of the molecule is Cc1[nH]n(-c2ccc(Cl)cc2)c(=O)c1C=Nc1ccc(SC#N)cc1. The zero-order chi connectivity index (χ0) is 17.8. The summed E-state index contributed by atoms with van der Waals surface area (Å²) in [5.41, 5.74) is 2.45. The van der Waals surface area contributed by atoms with Gasteiger partial charge in [-0.05, 0) is 67.2 Å². The Morgan fingerprint density at radius 2 is 1.88 bits per heavy atom. The Labute approximate surface area is 153 Å². The van der Waals surface area contributed by atoms with Gasteiger partial charge in [-0.3, -0.25) is 14.9 Å². The summed E-state index contributed by atoms with van der Waals surface area (Å²) in [7, 11) is 0. The maximum atomic E-state index is 12.6. The van der Waals surface area contributed by atoms with Crippen molar-refractivity contribution in [2.24, 2.45) is 4.99 Å². The number of H-pyrrole nitrogens is 1. The molecule has 0 saturated heterocycles. The van der Waals surface area contributed by atoms with Crippen LogP contribution in [0.4, 0.5) is 5.69 Å². The number of aromatic amines is 1. The van der Waals surface area contributed by atoms with E-state index in [4.69, 9.17) is 16.9 Å². The third-order valence-corrected chi connectivity index (χ3v) is 4.40. The number of aromatic nitrogens is 2. The Bertz CT molecular complexity index is 1010. The highest BCUT2D eigenvalue weighted by molar-refractivity contribution is 8.03. The van der Waals surface area contributed by atoms with Gasteiger partial charge in [0.25, 0.3) is 5.56 Å². The number of thiocyanates is 1. The number of aliphatic imine (C=N–C) groups is 1. The number of nitriles is 1. The topological polar surface area (TPSA) is 73.9 Å². The fraction of sp³-hybridized carbons (Fsp3) is 0.0556. The summed E-state index contributed by atoms with van der Waals surface area (Å²) in [6.07, 6.45) is 1.55. The van der Waals surface area contributed by atoms with E-state index in [9.17, 15) is 4.79 Å². The molecule has 0 unspecified atom stereocenters. The number of nitrogens with zero attached hydrogens (tertiary/aromatic N) is 3. The number of aryl methyl sites for hydroxylation is 1. The van der Waals surface area contributed by atoms with Crippen molar-refractivity contribution in [3.05, 3.63) is 75.2 Å². The van der Waals surface area contributed by atoms with Crippen LogP contribution < -0.4 is 5.56 Å². The summed E-state index contributed by atoms with van der Waals surface area (Å²) in [5, 5.41) is 14.3. The van der Waals surface area contributed by atoms with Crippen LogP contribution in [0.1, 0.15) is 11.3 Å². The van der Waals surface area contributed by atoms with Crippen LogP contribution in [0.25, 0.3) is 5.69 Å². The molecule has 3 aromatic rings. The smallest absolute Gasteiger partial charge is 0.280 e. The maximum Gasteiger partial charge on any atom is 0.280 e. The number of hydrogen-bond acceptors (Lipinski definition) is 4. The molecule has 0 bridgehead atoms. The van der Waals surface area contributed by atoms with Gasteiger partial charge in [0.05, 0.1) is 16.9 Å². The molecular weight excluding hydrogens is 356 g/mol. The fourth-order valence-electron chi connectivity index (χ4n) is 2.28. The molecule has 0 spiro atoms. The average Bonchev–Trinajstić information content (AvgIpc) is 2.90. The quantitative estimate of drug-likeness (QED) is 0.420. The van der Waals surface area contributed by atoms with E-state index in [1.807, 2.05) is 24.5 Å². The first-order chi connectivity index (χ1) is 12.1. The Kier molecular flexibility index (Phi) is 5.08. The lowest BCUT2D eigenvalue weighted by Crippen LogP contribution is -2.17. The van der Waals surface area contributed by atoms with Crippen LogP contribution in [-0.2, 0) is 0 Å². The summed E-state index contributed by atoms with van der Waals surface area (Å²) in [4.78, 5) is 17.8. The zero-order valence-corrected chi connectivity index (χ0v) is 14.8. The molecule has 5 nitrogen and oxygen atoms in total. The van der Waals surface area contributed by atoms with E-state index in [2.05, 4.69) is 10.1 Å². The molecule has 1 heterocycles. The molecule has 7 heteroatoms. The minimum atomic E-state index is -0.180. The van der Waals surface area contributed by atoms with Gasteiger partial charge in [-0.25, -0.2) is 4.68 Å². The van der Waals surface area contributed by atoms with Crippen molar-refractivity contribution in [3.8, 4) is 11.1 Å². The van der Waals surface area contributed by atoms with Crippen LogP contribution in [0.3, 0.4) is 0 Å². The molecule has 124 valence electrons. The third-order valence-electron chi connectivity index (χ3n) is 3.54. The van der Waals surface area contributed by atoms with Gasteiger partial charge in [-0.15, -0.1) is 0 Å². The molecule has 0 amide bonds. The first-order valence-electron chi connectivity index (χ1n) is 7.36. The molecule has 0 atom stereocenters. The van der Waals surface area contributed by atoms with Crippen molar-refractivity contribution in [1.29, 1.82) is 5.26 Å². The van der Waals surface area contributed by atoms with Gasteiger partial charge in [0.1, 0.15) is 5.40 Å². The lowest BCUT2D eigenvalue weighted by atomic mass is 10.2. The molecule has 0 aliphatic rings. The summed E-state index contributed by atoms with van der Waals surface area (Å²) < 4.78 is 1.46. The monoisotopic (exact) mass is 368 g/mol. The molecule has 1 aromatic heterocycles. The van der Waals surface area contributed by atoms with Gasteiger partial charge in [0, 0.05) is 21.8 Å². The van der Waals surface area contributed by atoms with Crippen molar-refractivity contribution in [2.75, 3.05) is 0 Å². The minimum absolute atomic E-state index is 0.180. The number of hydrogen-bond donors (Lipinski definition) is 1. The molecule has 2 aromatic carbocycles. The van der Waals surface area contributed by atoms with Crippen LogP contribution in [-0.4, -0.2) is 16.0 Å². The van der Waals surface area contributed by atoms with Crippen molar-refractivity contribution in [3.63, 3.8) is 0 Å². The Balaban J connectivity index is 1.89. The van der Waals surface area contributed by atoms with Crippen molar-refractivity contribution in [1.82, 2.24) is 9.78 Å². The van der Waals surface area contributed by atoms with Crippen LogP contribution in [0, 0.1) is 17.6 Å². The molecule has 25 heavy (non-hydrogen) atoms. The van der Waals surface area contributed by atoms with E-state index in [1.54, 1.807) is 42.6 Å². The summed E-state index contributed by atoms with van der Waals surface area (Å²) in [6, 6.07) is 14.2. The molecular formula is C18H13ClN4OS. The van der Waals surface area contributed by atoms with Crippen LogP contribution >= 0.6 is 23.4 Å². The lowest BCUT2D eigenvalue weighted by molar-refractivity contribution is 0.835. The number of halogens is 1. The summed E-state index contributed by atoms with van der Waals surface area (Å²) >= 11 is 6.98.